The second kappa shape index (κ2) is 4.24. The normalized spacial score (nSPS) is 10.3. The zero-order chi connectivity index (χ0) is 10.8. The van der Waals surface area contributed by atoms with Crippen molar-refractivity contribution in [1.82, 2.24) is 4.98 Å². The molecule has 0 aromatic carbocycles. The molecule has 0 radical (unpaired) electrons. The first-order valence-corrected chi connectivity index (χ1v) is 6.10. The van der Waals surface area contributed by atoms with Gasteiger partial charge in [-0.15, -0.1) is 0 Å². The van der Waals surface area contributed by atoms with Gasteiger partial charge in [0.25, 0.3) is 0 Å². The minimum absolute atomic E-state index is 0.0133. The van der Waals surface area contributed by atoms with Gasteiger partial charge in [0.05, 0.1) is 0 Å². The third-order valence-corrected chi connectivity index (χ3v) is 3.70. The topological polar surface area (TPSA) is 30.0 Å². The summed E-state index contributed by atoms with van der Waals surface area (Å²) in [6.07, 6.45) is 3.33. The highest BCUT2D eigenvalue weighted by molar-refractivity contribution is 9.10. The van der Waals surface area contributed by atoms with Crippen molar-refractivity contribution in [3.63, 3.8) is 0 Å². The number of nitrogens with zero attached hydrogens (tertiary/aromatic N) is 1. The molecule has 4 heteroatoms. The first-order chi connectivity index (χ1) is 7.18. The van der Waals surface area contributed by atoms with Crippen molar-refractivity contribution in [1.29, 1.82) is 0 Å². The van der Waals surface area contributed by atoms with E-state index in [1.165, 1.54) is 11.3 Å². The molecule has 0 unspecified atom stereocenters. The lowest BCUT2D eigenvalue weighted by Gasteiger charge is -1.99. The van der Waals surface area contributed by atoms with Crippen LogP contribution in [-0.2, 0) is 0 Å². The summed E-state index contributed by atoms with van der Waals surface area (Å²) in [5.74, 6) is 0.0133. The Balaban J connectivity index is 2.41. The van der Waals surface area contributed by atoms with Crippen LogP contribution in [0.2, 0.25) is 0 Å². The Morgan fingerprint density at radius 2 is 2.20 bits per heavy atom. The summed E-state index contributed by atoms with van der Waals surface area (Å²) in [7, 11) is 0. The number of aromatic nitrogens is 1. The molecule has 2 rings (SSSR count). The molecule has 0 aliphatic carbocycles. The molecule has 2 aromatic heterocycles. The highest BCUT2D eigenvalue weighted by Crippen LogP contribution is 2.24. The molecular weight excluding hydrogens is 274 g/mol. The SMILES string of the molecule is Cc1cncc(C(=O)c2cscc2Br)c1. The summed E-state index contributed by atoms with van der Waals surface area (Å²) in [5.41, 5.74) is 2.33. The molecule has 2 heterocycles. The molecule has 0 spiro atoms. The van der Waals surface area contributed by atoms with Gasteiger partial charge in [0.1, 0.15) is 0 Å². The van der Waals surface area contributed by atoms with Gasteiger partial charge >= 0.3 is 0 Å². The largest absolute Gasteiger partial charge is 0.288 e. The predicted molar refractivity (Wildman–Crippen MR) is 64.4 cm³/mol. The Hall–Kier alpha value is -1.00. The minimum atomic E-state index is 0.0133. The van der Waals surface area contributed by atoms with Crippen LogP contribution in [-0.4, -0.2) is 10.8 Å². The van der Waals surface area contributed by atoms with Crippen molar-refractivity contribution in [2.75, 3.05) is 0 Å². The van der Waals surface area contributed by atoms with Gasteiger partial charge in [0, 0.05) is 38.8 Å². The minimum Gasteiger partial charge on any atom is -0.288 e. The Labute approximate surface area is 100 Å². The highest BCUT2D eigenvalue weighted by Gasteiger charge is 2.13. The number of ketones is 1. The molecule has 0 bridgehead atoms. The Morgan fingerprint density at radius 3 is 2.80 bits per heavy atom. The van der Waals surface area contributed by atoms with E-state index < -0.39 is 0 Å². The van der Waals surface area contributed by atoms with Crippen molar-refractivity contribution < 1.29 is 4.79 Å². The molecular formula is C11H8BrNOS. The van der Waals surface area contributed by atoms with E-state index in [9.17, 15) is 4.79 Å². The van der Waals surface area contributed by atoms with E-state index in [0.717, 1.165) is 10.0 Å². The van der Waals surface area contributed by atoms with Crippen LogP contribution in [0.25, 0.3) is 0 Å². The second-order valence-electron chi connectivity index (χ2n) is 3.21. The summed E-state index contributed by atoms with van der Waals surface area (Å²) in [4.78, 5) is 16.0. The molecule has 0 N–H and O–H groups in total. The van der Waals surface area contributed by atoms with Gasteiger partial charge in [-0.3, -0.25) is 9.78 Å². The van der Waals surface area contributed by atoms with Crippen LogP contribution in [0.1, 0.15) is 21.5 Å². The van der Waals surface area contributed by atoms with Gasteiger partial charge in [0.15, 0.2) is 5.78 Å². The van der Waals surface area contributed by atoms with Crippen molar-refractivity contribution in [2.45, 2.75) is 6.92 Å². The summed E-state index contributed by atoms with van der Waals surface area (Å²) in [5, 5.41) is 3.74. The van der Waals surface area contributed by atoms with Crippen LogP contribution in [0.5, 0.6) is 0 Å². The highest BCUT2D eigenvalue weighted by atomic mass is 79.9. The Morgan fingerprint density at radius 1 is 1.40 bits per heavy atom. The summed E-state index contributed by atoms with van der Waals surface area (Å²) >= 11 is 4.86. The van der Waals surface area contributed by atoms with E-state index in [2.05, 4.69) is 20.9 Å². The van der Waals surface area contributed by atoms with Crippen molar-refractivity contribution >= 4 is 33.0 Å². The number of hydrogen-bond donors (Lipinski definition) is 0. The first kappa shape index (κ1) is 10.5. The van der Waals surface area contributed by atoms with E-state index in [1.54, 1.807) is 12.4 Å². The lowest BCUT2D eigenvalue weighted by atomic mass is 10.1. The van der Waals surface area contributed by atoms with Crippen LogP contribution in [0.4, 0.5) is 0 Å². The third-order valence-electron chi connectivity index (χ3n) is 2.00. The molecule has 0 fully saturated rings. The summed E-state index contributed by atoms with van der Waals surface area (Å²) in [6.45, 7) is 1.92. The number of aryl methyl sites for hydroxylation is 1. The molecule has 0 saturated carbocycles. The molecule has 2 nitrogen and oxygen atoms in total. The average Bonchev–Trinajstić information content (AvgIpc) is 2.63. The average molecular weight is 282 g/mol. The van der Waals surface area contributed by atoms with E-state index in [-0.39, 0.29) is 5.78 Å². The maximum absolute atomic E-state index is 12.0. The zero-order valence-corrected chi connectivity index (χ0v) is 10.4. The second-order valence-corrected chi connectivity index (χ2v) is 4.81. The number of halogens is 1. The molecule has 0 amide bonds. The van der Waals surface area contributed by atoms with Gasteiger partial charge in [-0.25, -0.2) is 0 Å². The van der Waals surface area contributed by atoms with Gasteiger partial charge in [-0.2, -0.15) is 11.3 Å². The third kappa shape index (κ3) is 2.16. The van der Waals surface area contributed by atoms with Crippen molar-refractivity contribution in [3.8, 4) is 0 Å². The fourth-order valence-electron chi connectivity index (χ4n) is 1.28. The monoisotopic (exact) mass is 281 g/mol. The molecule has 76 valence electrons. The van der Waals surface area contributed by atoms with Gasteiger partial charge in [0.2, 0.25) is 0 Å². The maximum atomic E-state index is 12.0. The Kier molecular flexibility index (Phi) is 2.98. The van der Waals surface area contributed by atoms with Gasteiger partial charge in [-0.05, 0) is 34.5 Å². The van der Waals surface area contributed by atoms with Crippen LogP contribution in [0.3, 0.4) is 0 Å². The quantitative estimate of drug-likeness (QED) is 0.790. The lowest BCUT2D eigenvalue weighted by Crippen LogP contribution is -2.01. The van der Waals surface area contributed by atoms with Crippen LogP contribution < -0.4 is 0 Å². The number of pyridine rings is 1. The van der Waals surface area contributed by atoms with Crippen LogP contribution in [0.15, 0.2) is 33.7 Å². The number of rotatable bonds is 2. The summed E-state index contributed by atoms with van der Waals surface area (Å²) < 4.78 is 0.846. The number of carbonyl (C=O) groups excluding carboxylic acids is 1. The molecule has 0 aliphatic rings. The van der Waals surface area contributed by atoms with E-state index in [1.807, 2.05) is 23.8 Å². The molecule has 2 aromatic rings. The lowest BCUT2D eigenvalue weighted by molar-refractivity contribution is 0.103. The number of carbonyl (C=O) groups is 1. The first-order valence-electron chi connectivity index (χ1n) is 4.36. The predicted octanol–water partition coefficient (Wildman–Crippen LogP) is 3.45. The smallest absolute Gasteiger partial charge is 0.196 e. The fourth-order valence-corrected chi connectivity index (χ4v) is 2.73. The van der Waals surface area contributed by atoms with E-state index in [0.29, 0.717) is 11.1 Å². The van der Waals surface area contributed by atoms with Crippen LogP contribution >= 0.6 is 27.3 Å². The maximum Gasteiger partial charge on any atom is 0.196 e. The molecule has 0 saturated heterocycles. The van der Waals surface area contributed by atoms with Crippen molar-refractivity contribution in [3.05, 3.63) is 50.4 Å². The van der Waals surface area contributed by atoms with Gasteiger partial charge in [-0.1, -0.05) is 0 Å². The van der Waals surface area contributed by atoms with E-state index >= 15 is 0 Å². The Bertz CT molecular complexity index is 507. The molecule has 0 atom stereocenters. The van der Waals surface area contributed by atoms with E-state index in [4.69, 9.17) is 0 Å². The molecule has 15 heavy (non-hydrogen) atoms. The number of thiophene rings is 1. The molecule has 0 aliphatic heterocycles. The fraction of sp³-hybridized carbons (Fsp3) is 0.0909. The summed E-state index contributed by atoms with van der Waals surface area (Å²) in [6, 6.07) is 1.85. The zero-order valence-electron chi connectivity index (χ0n) is 8.03. The van der Waals surface area contributed by atoms with Crippen LogP contribution in [0, 0.1) is 6.92 Å². The standard InChI is InChI=1S/C11H8BrNOS/c1-7-2-8(4-13-3-7)11(14)9-5-15-6-10(9)12/h2-6H,1H3. The van der Waals surface area contributed by atoms with Crippen molar-refractivity contribution in [2.24, 2.45) is 0 Å². The van der Waals surface area contributed by atoms with Gasteiger partial charge < -0.3 is 0 Å². The number of hydrogen-bond acceptors (Lipinski definition) is 3.